The van der Waals surface area contributed by atoms with Crippen LogP contribution in [0.4, 0.5) is 17.2 Å². The first-order valence-electron chi connectivity index (χ1n) is 5.44. The maximum atomic E-state index is 5.74. The predicted octanol–water partition coefficient (Wildman–Crippen LogP) is 3.49. The highest BCUT2D eigenvalue weighted by Crippen LogP contribution is 2.30. The van der Waals surface area contributed by atoms with Crippen LogP contribution in [-0.4, -0.2) is 12.1 Å². The van der Waals surface area contributed by atoms with Crippen molar-refractivity contribution in [1.29, 1.82) is 0 Å². The van der Waals surface area contributed by atoms with Crippen molar-refractivity contribution in [3.8, 4) is 5.75 Å². The Morgan fingerprint density at radius 2 is 2.06 bits per heavy atom. The predicted molar refractivity (Wildman–Crippen MR) is 77.4 cm³/mol. The number of hydrogen-bond acceptors (Lipinski definition) is 4. The minimum Gasteiger partial charge on any atom is -0.495 e. The second-order valence-electron chi connectivity index (χ2n) is 3.84. The Morgan fingerprint density at radius 3 is 2.72 bits per heavy atom. The molecule has 0 bridgehead atoms. The number of nitrogens with two attached hydrogens (primary N) is 1. The van der Waals surface area contributed by atoms with Crippen molar-refractivity contribution in [3.63, 3.8) is 0 Å². The van der Waals surface area contributed by atoms with Gasteiger partial charge in [-0.3, -0.25) is 0 Å². The van der Waals surface area contributed by atoms with Crippen LogP contribution in [0.15, 0.2) is 34.8 Å². The lowest BCUT2D eigenvalue weighted by Crippen LogP contribution is -1.99. The molecule has 0 spiro atoms. The minimum atomic E-state index is 0.682. The average Bonchev–Trinajstić information content (AvgIpc) is 2.34. The van der Waals surface area contributed by atoms with Crippen LogP contribution >= 0.6 is 15.9 Å². The molecule has 18 heavy (non-hydrogen) atoms. The summed E-state index contributed by atoms with van der Waals surface area (Å²) in [5, 5.41) is 3.21. The minimum absolute atomic E-state index is 0.682. The largest absolute Gasteiger partial charge is 0.495 e. The second-order valence-corrected chi connectivity index (χ2v) is 4.76. The van der Waals surface area contributed by atoms with Crippen molar-refractivity contribution in [2.75, 3.05) is 18.2 Å². The maximum absolute atomic E-state index is 5.74. The molecule has 1 aromatic carbocycles. The number of hydrogen-bond donors (Lipinski definition) is 2. The van der Waals surface area contributed by atoms with Gasteiger partial charge in [0, 0.05) is 4.47 Å². The van der Waals surface area contributed by atoms with Crippen LogP contribution in [0.5, 0.6) is 5.75 Å². The third kappa shape index (κ3) is 2.73. The monoisotopic (exact) mass is 307 g/mol. The van der Waals surface area contributed by atoms with Gasteiger partial charge in [0.2, 0.25) is 0 Å². The molecule has 0 saturated heterocycles. The molecule has 0 aliphatic carbocycles. The molecule has 0 aliphatic heterocycles. The summed E-state index contributed by atoms with van der Waals surface area (Å²) in [7, 11) is 1.63. The molecule has 0 radical (unpaired) electrons. The summed E-state index contributed by atoms with van der Waals surface area (Å²) in [6, 6.07) is 9.41. The van der Waals surface area contributed by atoms with Gasteiger partial charge in [-0.25, -0.2) is 4.98 Å². The zero-order chi connectivity index (χ0) is 13.1. The van der Waals surface area contributed by atoms with Crippen molar-refractivity contribution in [3.05, 3.63) is 40.5 Å². The molecule has 3 N–H and O–H groups in total. The van der Waals surface area contributed by atoms with E-state index < -0.39 is 0 Å². The molecule has 5 heteroatoms. The first-order chi connectivity index (χ1) is 8.60. The fraction of sp³-hybridized carbons (Fsp3) is 0.154. The Bertz CT molecular complexity index is 572. The maximum Gasteiger partial charge on any atom is 0.142 e. The Balaban J connectivity index is 2.33. The summed E-state index contributed by atoms with van der Waals surface area (Å²) in [5.74, 6) is 1.49. The lowest BCUT2D eigenvalue weighted by Gasteiger charge is -2.11. The van der Waals surface area contributed by atoms with E-state index in [1.54, 1.807) is 7.11 Å². The first kappa shape index (κ1) is 12.7. The fourth-order valence-corrected chi connectivity index (χ4v) is 1.92. The van der Waals surface area contributed by atoms with Crippen LogP contribution in [-0.2, 0) is 0 Å². The second kappa shape index (κ2) is 5.27. The summed E-state index contributed by atoms with van der Waals surface area (Å²) >= 11 is 3.43. The van der Waals surface area contributed by atoms with Gasteiger partial charge in [0.05, 0.1) is 24.2 Å². The van der Waals surface area contributed by atoms with E-state index in [0.29, 0.717) is 5.69 Å². The van der Waals surface area contributed by atoms with Gasteiger partial charge >= 0.3 is 0 Å². The van der Waals surface area contributed by atoms with E-state index >= 15 is 0 Å². The normalized spacial score (nSPS) is 10.2. The number of pyridine rings is 1. The van der Waals surface area contributed by atoms with Gasteiger partial charge in [-0.1, -0.05) is 15.9 Å². The molecule has 2 rings (SSSR count). The van der Waals surface area contributed by atoms with Crippen LogP contribution in [0, 0.1) is 6.92 Å². The molecule has 0 amide bonds. The standard InChI is InChI=1S/C13H14BrN3O/c1-8-10(15)4-6-13(16-8)17-11-7-9(14)3-5-12(11)18-2/h3-7H,15H2,1-2H3,(H,16,17). The third-order valence-corrected chi connectivity index (χ3v) is 3.04. The zero-order valence-electron chi connectivity index (χ0n) is 10.2. The Morgan fingerprint density at radius 1 is 1.28 bits per heavy atom. The smallest absolute Gasteiger partial charge is 0.142 e. The van der Waals surface area contributed by atoms with Crippen LogP contribution in [0.1, 0.15) is 5.69 Å². The zero-order valence-corrected chi connectivity index (χ0v) is 11.8. The van der Waals surface area contributed by atoms with Crippen molar-refractivity contribution < 1.29 is 4.74 Å². The molecule has 2 aromatic rings. The van der Waals surface area contributed by atoms with Crippen molar-refractivity contribution >= 4 is 33.1 Å². The van der Waals surface area contributed by atoms with Crippen LogP contribution in [0.3, 0.4) is 0 Å². The Labute approximate surface area is 114 Å². The SMILES string of the molecule is COc1ccc(Br)cc1Nc1ccc(N)c(C)n1. The summed E-state index contributed by atoms with van der Waals surface area (Å²) in [5.41, 5.74) is 8.07. The summed E-state index contributed by atoms with van der Waals surface area (Å²) in [6.07, 6.45) is 0. The number of nitrogen functional groups attached to an aromatic ring is 1. The molecule has 94 valence electrons. The average molecular weight is 308 g/mol. The lowest BCUT2D eigenvalue weighted by atomic mass is 10.2. The van der Waals surface area contributed by atoms with Crippen molar-refractivity contribution in [2.24, 2.45) is 0 Å². The number of aromatic nitrogens is 1. The number of benzene rings is 1. The van der Waals surface area contributed by atoms with E-state index in [1.165, 1.54) is 0 Å². The molecule has 0 unspecified atom stereocenters. The number of aryl methyl sites for hydroxylation is 1. The molecule has 0 fully saturated rings. The van der Waals surface area contributed by atoms with Gasteiger partial charge < -0.3 is 15.8 Å². The van der Waals surface area contributed by atoms with Gasteiger partial charge in [-0.05, 0) is 37.3 Å². The summed E-state index contributed by atoms with van der Waals surface area (Å²) in [6.45, 7) is 1.87. The summed E-state index contributed by atoms with van der Waals surface area (Å²) < 4.78 is 6.26. The van der Waals surface area contributed by atoms with Gasteiger partial charge in [0.1, 0.15) is 11.6 Å². The molecule has 0 aliphatic rings. The van der Waals surface area contributed by atoms with E-state index in [1.807, 2.05) is 37.3 Å². The topological polar surface area (TPSA) is 60.2 Å². The number of anilines is 3. The van der Waals surface area contributed by atoms with E-state index in [2.05, 4.69) is 26.2 Å². The lowest BCUT2D eigenvalue weighted by molar-refractivity contribution is 0.416. The van der Waals surface area contributed by atoms with E-state index in [9.17, 15) is 0 Å². The number of methoxy groups -OCH3 is 1. The van der Waals surface area contributed by atoms with E-state index in [4.69, 9.17) is 10.5 Å². The number of ether oxygens (including phenoxy) is 1. The molecular weight excluding hydrogens is 294 g/mol. The van der Waals surface area contributed by atoms with E-state index in [-0.39, 0.29) is 0 Å². The van der Waals surface area contributed by atoms with E-state index in [0.717, 1.165) is 27.4 Å². The molecule has 1 heterocycles. The quantitative estimate of drug-likeness (QED) is 0.911. The molecule has 4 nitrogen and oxygen atoms in total. The number of nitrogens with zero attached hydrogens (tertiary/aromatic N) is 1. The molecule has 0 saturated carbocycles. The fourth-order valence-electron chi connectivity index (χ4n) is 1.56. The Hall–Kier alpha value is -1.75. The highest BCUT2D eigenvalue weighted by Gasteiger charge is 2.05. The molecule has 0 atom stereocenters. The number of halogens is 1. The van der Waals surface area contributed by atoms with Crippen LogP contribution in [0.2, 0.25) is 0 Å². The first-order valence-corrected chi connectivity index (χ1v) is 6.23. The van der Waals surface area contributed by atoms with Gasteiger partial charge in [0.25, 0.3) is 0 Å². The van der Waals surface area contributed by atoms with Gasteiger partial charge in [0.15, 0.2) is 0 Å². The highest BCUT2D eigenvalue weighted by atomic mass is 79.9. The number of rotatable bonds is 3. The van der Waals surface area contributed by atoms with Gasteiger partial charge in [-0.2, -0.15) is 0 Å². The van der Waals surface area contributed by atoms with Crippen molar-refractivity contribution in [2.45, 2.75) is 6.92 Å². The van der Waals surface area contributed by atoms with Gasteiger partial charge in [-0.15, -0.1) is 0 Å². The van der Waals surface area contributed by atoms with Crippen LogP contribution < -0.4 is 15.8 Å². The third-order valence-electron chi connectivity index (χ3n) is 2.55. The molecule has 1 aromatic heterocycles. The van der Waals surface area contributed by atoms with Crippen molar-refractivity contribution in [1.82, 2.24) is 4.98 Å². The highest BCUT2D eigenvalue weighted by molar-refractivity contribution is 9.10. The molecular formula is C13H14BrN3O. The Kier molecular flexibility index (Phi) is 3.72. The number of nitrogens with one attached hydrogen (secondary N) is 1. The summed E-state index contributed by atoms with van der Waals surface area (Å²) in [4.78, 5) is 4.37. The van der Waals surface area contributed by atoms with Crippen LogP contribution in [0.25, 0.3) is 0 Å².